The molecule has 1 aliphatic rings. The van der Waals surface area contributed by atoms with Crippen molar-refractivity contribution in [1.82, 2.24) is 0 Å². The molecule has 0 spiro atoms. The lowest BCUT2D eigenvalue weighted by Gasteiger charge is -1.96. The van der Waals surface area contributed by atoms with E-state index in [4.69, 9.17) is 11.6 Å². The summed E-state index contributed by atoms with van der Waals surface area (Å²) in [5.41, 5.74) is 0. The third-order valence-electron chi connectivity index (χ3n) is 1.39. The van der Waals surface area contributed by atoms with E-state index in [1.807, 2.05) is 0 Å². The predicted molar refractivity (Wildman–Crippen MR) is 34.9 cm³/mol. The number of esters is 2. The number of alkyl halides is 1. The zero-order chi connectivity index (χ0) is 8.43. The molecule has 1 unspecified atom stereocenters. The molecule has 0 aromatic rings. The van der Waals surface area contributed by atoms with Gasteiger partial charge in [0.15, 0.2) is 5.78 Å². The number of carbonyl (C=O) groups is 3. The van der Waals surface area contributed by atoms with Crippen LogP contribution in [0.3, 0.4) is 0 Å². The minimum Gasteiger partial charge on any atom is -0.393 e. The van der Waals surface area contributed by atoms with Crippen LogP contribution in [0.25, 0.3) is 0 Å². The summed E-state index contributed by atoms with van der Waals surface area (Å²) in [6, 6.07) is 0. The topological polar surface area (TPSA) is 60.4 Å². The van der Waals surface area contributed by atoms with Crippen molar-refractivity contribution in [2.75, 3.05) is 5.88 Å². The van der Waals surface area contributed by atoms with E-state index in [1.165, 1.54) is 0 Å². The third-order valence-corrected chi connectivity index (χ3v) is 1.65. The lowest BCUT2D eigenvalue weighted by Crippen LogP contribution is -2.20. The number of ketones is 1. The molecular formula is C6H5ClO4. The van der Waals surface area contributed by atoms with Crippen molar-refractivity contribution < 1.29 is 19.1 Å². The molecule has 0 aromatic heterocycles. The van der Waals surface area contributed by atoms with Crippen molar-refractivity contribution in [3.8, 4) is 0 Å². The van der Waals surface area contributed by atoms with Crippen molar-refractivity contribution in [2.24, 2.45) is 5.92 Å². The Balaban J connectivity index is 2.67. The number of carbonyl (C=O) groups excluding carboxylic acids is 3. The van der Waals surface area contributed by atoms with E-state index in [-0.39, 0.29) is 12.3 Å². The summed E-state index contributed by atoms with van der Waals surface area (Å²) in [6.45, 7) is 0. The van der Waals surface area contributed by atoms with Crippen LogP contribution in [0, 0.1) is 5.92 Å². The number of halogens is 1. The van der Waals surface area contributed by atoms with Gasteiger partial charge < -0.3 is 4.74 Å². The highest BCUT2D eigenvalue weighted by Gasteiger charge is 2.37. The van der Waals surface area contributed by atoms with E-state index in [0.29, 0.717) is 0 Å². The molecule has 0 N–H and O–H groups in total. The summed E-state index contributed by atoms with van der Waals surface area (Å²) in [5.74, 6) is -3.10. The lowest BCUT2D eigenvalue weighted by atomic mass is 10.0. The Hall–Kier alpha value is -0.900. The highest BCUT2D eigenvalue weighted by atomic mass is 35.5. The van der Waals surface area contributed by atoms with Crippen molar-refractivity contribution in [2.45, 2.75) is 6.42 Å². The van der Waals surface area contributed by atoms with E-state index in [0.717, 1.165) is 0 Å². The van der Waals surface area contributed by atoms with Crippen LogP contribution in [0.5, 0.6) is 0 Å². The van der Waals surface area contributed by atoms with E-state index >= 15 is 0 Å². The molecule has 0 aromatic carbocycles. The molecule has 60 valence electrons. The number of Topliss-reactive ketones (excluding diaryl/α,β-unsaturated/α-hetero) is 1. The van der Waals surface area contributed by atoms with Crippen LogP contribution in [0.1, 0.15) is 6.42 Å². The summed E-state index contributed by atoms with van der Waals surface area (Å²) in [5, 5.41) is 0. The Bertz CT molecular complexity index is 223. The smallest absolute Gasteiger partial charge is 0.324 e. The predicted octanol–water partition coefficient (Wildman–Crippen LogP) is -0.116. The van der Waals surface area contributed by atoms with E-state index in [9.17, 15) is 14.4 Å². The van der Waals surface area contributed by atoms with Gasteiger partial charge in [-0.15, -0.1) is 11.6 Å². The molecule has 1 aliphatic heterocycles. The van der Waals surface area contributed by atoms with E-state index < -0.39 is 23.6 Å². The minimum absolute atomic E-state index is 0.162. The average Bonchev–Trinajstić information content (AvgIpc) is 2.28. The molecule has 0 aliphatic carbocycles. The molecule has 4 nitrogen and oxygen atoms in total. The van der Waals surface area contributed by atoms with Gasteiger partial charge >= 0.3 is 11.9 Å². The van der Waals surface area contributed by atoms with Crippen LogP contribution >= 0.6 is 11.6 Å². The molecule has 1 saturated heterocycles. The average molecular weight is 177 g/mol. The monoisotopic (exact) mass is 176 g/mol. The Morgan fingerprint density at radius 2 is 2.27 bits per heavy atom. The van der Waals surface area contributed by atoms with Gasteiger partial charge in [0.1, 0.15) is 5.92 Å². The normalized spacial score (nSPS) is 23.5. The number of rotatable bonds is 2. The third kappa shape index (κ3) is 1.57. The summed E-state index contributed by atoms with van der Waals surface area (Å²) < 4.78 is 4.14. The second-order valence-corrected chi connectivity index (χ2v) is 2.42. The van der Waals surface area contributed by atoms with Gasteiger partial charge in [-0.1, -0.05) is 0 Å². The van der Waals surface area contributed by atoms with Crippen molar-refractivity contribution in [1.29, 1.82) is 0 Å². The summed E-state index contributed by atoms with van der Waals surface area (Å²) in [6.07, 6.45) is -0.162. The van der Waals surface area contributed by atoms with Gasteiger partial charge in [-0.2, -0.15) is 0 Å². The Morgan fingerprint density at radius 1 is 1.64 bits per heavy atom. The SMILES string of the molecule is O=C1CC(C(=O)CCl)C(=O)O1. The van der Waals surface area contributed by atoms with Crippen LogP contribution in [-0.2, 0) is 19.1 Å². The van der Waals surface area contributed by atoms with Crippen LogP contribution in [0.15, 0.2) is 0 Å². The number of cyclic esters (lactones) is 2. The maximum absolute atomic E-state index is 10.8. The second-order valence-electron chi connectivity index (χ2n) is 2.15. The Labute approximate surface area is 67.5 Å². The van der Waals surface area contributed by atoms with Crippen LogP contribution in [-0.4, -0.2) is 23.6 Å². The van der Waals surface area contributed by atoms with Crippen LogP contribution in [0.2, 0.25) is 0 Å². The maximum atomic E-state index is 10.8. The molecule has 1 heterocycles. The molecule has 0 saturated carbocycles. The summed E-state index contributed by atoms with van der Waals surface area (Å²) in [7, 11) is 0. The molecule has 11 heavy (non-hydrogen) atoms. The van der Waals surface area contributed by atoms with Gasteiger partial charge in [0.2, 0.25) is 0 Å². The molecular weight excluding hydrogens is 172 g/mol. The first kappa shape index (κ1) is 8.20. The van der Waals surface area contributed by atoms with Crippen molar-refractivity contribution in [3.05, 3.63) is 0 Å². The van der Waals surface area contributed by atoms with Crippen LogP contribution in [0.4, 0.5) is 0 Å². The molecule has 0 amide bonds. The zero-order valence-electron chi connectivity index (χ0n) is 5.50. The Kier molecular flexibility index (Phi) is 2.24. The minimum atomic E-state index is -0.958. The van der Waals surface area contributed by atoms with E-state index in [1.54, 1.807) is 0 Å². The summed E-state index contributed by atoms with van der Waals surface area (Å²) in [4.78, 5) is 31.9. The summed E-state index contributed by atoms with van der Waals surface area (Å²) >= 11 is 5.18. The van der Waals surface area contributed by atoms with Gasteiger partial charge in [-0.25, -0.2) is 0 Å². The first-order chi connectivity index (χ1) is 5.15. The molecule has 1 fully saturated rings. The zero-order valence-corrected chi connectivity index (χ0v) is 6.26. The fourth-order valence-electron chi connectivity index (χ4n) is 0.813. The molecule has 1 rings (SSSR count). The van der Waals surface area contributed by atoms with Gasteiger partial charge in [-0.3, -0.25) is 14.4 Å². The number of ether oxygens (including phenoxy) is 1. The van der Waals surface area contributed by atoms with Gasteiger partial charge in [0.25, 0.3) is 0 Å². The molecule has 0 bridgehead atoms. The van der Waals surface area contributed by atoms with Crippen molar-refractivity contribution in [3.63, 3.8) is 0 Å². The number of hydrogen-bond acceptors (Lipinski definition) is 4. The number of hydrogen-bond donors (Lipinski definition) is 0. The second kappa shape index (κ2) is 3.00. The quantitative estimate of drug-likeness (QED) is 0.335. The molecule has 5 heteroatoms. The van der Waals surface area contributed by atoms with Gasteiger partial charge in [-0.05, 0) is 0 Å². The maximum Gasteiger partial charge on any atom is 0.324 e. The van der Waals surface area contributed by atoms with Gasteiger partial charge in [0, 0.05) is 0 Å². The molecule has 1 atom stereocenters. The highest BCUT2D eigenvalue weighted by molar-refractivity contribution is 6.30. The fourth-order valence-corrected chi connectivity index (χ4v) is 1.000. The van der Waals surface area contributed by atoms with E-state index in [2.05, 4.69) is 4.74 Å². The molecule has 0 radical (unpaired) electrons. The standard InChI is InChI=1S/C6H5ClO4/c7-2-4(8)3-1-5(9)11-6(3)10/h3H,1-2H2. The first-order valence-electron chi connectivity index (χ1n) is 2.98. The lowest BCUT2D eigenvalue weighted by molar-refractivity contribution is -0.153. The largest absolute Gasteiger partial charge is 0.393 e. The van der Waals surface area contributed by atoms with Crippen LogP contribution < -0.4 is 0 Å². The fraction of sp³-hybridized carbons (Fsp3) is 0.500. The highest BCUT2D eigenvalue weighted by Crippen LogP contribution is 2.16. The Morgan fingerprint density at radius 3 is 2.64 bits per heavy atom. The first-order valence-corrected chi connectivity index (χ1v) is 3.52. The van der Waals surface area contributed by atoms with Gasteiger partial charge in [0.05, 0.1) is 12.3 Å². The van der Waals surface area contributed by atoms with Crippen molar-refractivity contribution >= 4 is 29.3 Å².